The lowest BCUT2D eigenvalue weighted by atomic mass is 10.0. The molecule has 1 unspecified atom stereocenters. The van der Waals surface area contributed by atoms with Crippen LogP contribution < -0.4 is 9.62 Å². The predicted octanol–water partition coefficient (Wildman–Crippen LogP) is 2.62. The molecule has 9 heteroatoms. The third-order valence-corrected chi connectivity index (χ3v) is 7.70. The molecule has 0 radical (unpaired) electrons. The molecule has 1 aromatic carbocycles. The Morgan fingerprint density at radius 1 is 1.17 bits per heavy atom. The van der Waals surface area contributed by atoms with Crippen molar-refractivity contribution in [1.82, 2.24) is 14.6 Å². The number of rotatable bonds is 4. The second-order valence-electron chi connectivity index (χ2n) is 7.93. The first-order valence-electron chi connectivity index (χ1n) is 9.90. The van der Waals surface area contributed by atoms with Crippen molar-refractivity contribution in [2.45, 2.75) is 18.2 Å². The topological polar surface area (TPSA) is 82.8 Å². The smallest absolute Gasteiger partial charge is 0.255 e. The Balaban J connectivity index is 1.62. The van der Waals surface area contributed by atoms with Crippen molar-refractivity contribution in [3.05, 3.63) is 42.2 Å². The number of fused-ring (bicyclic) bond motifs is 2. The Labute approximate surface area is 175 Å². The molecular weight excluding hydrogens is 400 g/mol. The Kier molecular flexibility index (Phi) is 4.25. The molecule has 4 heterocycles. The van der Waals surface area contributed by atoms with E-state index in [1.165, 1.54) is 16.3 Å². The highest BCUT2D eigenvalue weighted by Gasteiger charge is 2.32. The number of hydrogen-bond acceptors (Lipinski definition) is 6. The summed E-state index contributed by atoms with van der Waals surface area (Å²) >= 11 is 0. The van der Waals surface area contributed by atoms with Crippen LogP contribution in [0, 0.1) is 0 Å². The van der Waals surface area contributed by atoms with E-state index < -0.39 is 15.4 Å². The summed E-state index contributed by atoms with van der Waals surface area (Å²) < 4.78 is 30.8. The molecule has 5 rings (SSSR count). The standard InChI is InChI=1S/C21H24N6O2S/c1-25-11-8-14-4-5-15(12-18(14)25)16-13-26(2)21-20(16)17(6-9-22-21)24-30(28,29)19-7-10-23-27(19)3/h4-6,9-10,12-13,19H,7-8,11H2,1-3H3,(H,22,24). The fourth-order valence-electron chi connectivity index (χ4n) is 4.36. The quantitative estimate of drug-likeness (QED) is 0.696. The maximum atomic E-state index is 13.0. The van der Waals surface area contributed by atoms with Crippen LogP contribution in [-0.2, 0) is 23.5 Å². The Hall–Kier alpha value is -3.07. The van der Waals surface area contributed by atoms with Gasteiger partial charge in [0, 0.05) is 64.0 Å². The van der Waals surface area contributed by atoms with Crippen LogP contribution in [0.25, 0.3) is 22.2 Å². The number of aromatic nitrogens is 2. The highest BCUT2D eigenvalue weighted by molar-refractivity contribution is 7.93. The minimum absolute atomic E-state index is 0.360. The Bertz CT molecular complexity index is 1280. The van der Waals surface area contributed by atoms with Crippen LogP contribution in [0.3, 0.4) is 0 Å². The minimum atomic E-state index is -3.66. The average molecular weight is 425 g/mol. The number of hydrogen-bond donors (Lipinski definition) is 1. The molecule has 156 valence electrons. The molecule has 0 fully saturated rings. The molecule has 2 aliphatic rings. The number of pyridine rings is 1. The average Bonchev–Trinajstić information content (AvgIpc) is 3.40. The van der Waals surface area contributed by atoms with Gasteiger partial charge in [-0.2, -0.15) is 5.10 Å². The lowest BCUT2D eigenvalue weighted by Gasteiger charge is -2.20. The molecular formula is C21H24N6O2S. The maximum Gasteiger partial charge on any atom is 0.255 e. The van der Waals surface area contributed by atoms with E-state index in [1.807, 2.05) is 17.8 Å². The molecule has 1 atom stereocenters. The van der Waals surface area contributed by atoms with Crippen LogP contribution in [0.4, 0.5) is 11.4 Å². The van der Waals surface area contributed by atoms with Gasteiger partial charge in [-0.25, -0.2) is 13.4 Å². The van der Waals surface area contributed by atoms with Gasteiger partial charge in [0.1, 0.15) is 5.65 Å². The lowest BCUT2D eigenvalue weighted by Crippen LogP contribution is -2.35. The van der Waals surface area contributed by atoms with Gasteiger partial charge < -0.3 is 9.47 Å². The molecule has 0 amide bonds. The highest BCUT2D eigenvalue weighted by Crippen LogP contribution is 2.38. The van der Waals surface area contributed by atoms with Gasteiger partial charge in [0.05, 0.1) is 11.1 Å². The van der Waals surface area contributed by atoms with E-state index in [2.05, 4.69) is 45.0 Å². The van der Waals surface area contributed by atoms with Crippen LogP contribution >= 0.6 is 0 Å². The van der Waals surface area contributed by atoms with Crippen LogP contribution in [0.5, 0.6) is 0 Å². The third-order valence-electron chi connectivity index (χ3n) is 5.98. The molecule has 0 saturated heterocycles. The fraction of sp³-hybridized carbons (Fsp3) is 0.333. The number of benzene rings is 1. The highest BCUT2D eigenvalue weighted by atomic mass is 32.2. The van der Waals surface area contributed by atoms with Gasteiger partial charge in [-0.3, -0.25) is 9.73 Å². The number of aryl methyl sites for hydroxylation is 1. The number of nitrogens with one attached hydrogen (secondary N) is 1. The molecule has 0 bridgehead atoms. The van der Waals surface area contributed by atoms with E-state index in [0.717, 1.165) is 35.1 Å². The zero-order chi connectivity index (χ0) is 21.0. The van der Waals surface area contributed by atoms with Gasteiger partial charge in [-0.15, -0.1) is 0 Å². The molecule has 1 N–H and O–H groups in total. The molecule has 3 aromatic rings. The van der Waals surface area contributed by atoms with Crippen molar-refractivity contribution >= 4 is 38.6 Å². The number of anilines is 2. The summed E-state index contributed by atoms with van der Waals surface area (Å²) in [4.78, 5) is 6.75. The van der Waals surface area contributed by atoms with Crippen molar-refractivity contribution in [1.29, 1.82) is 0 Å². The fourth-order valence-corrected chi connectivity index (χ4v) is 5.76. The van der Waals surface area contributed by atoms with Crippen LogP contribution in [0.2, 0.25) is 0 Å². The second kappa shape index (κ2) is 6.73. The van der Waals surface area contributed by atoms with Gasteiger partial charge >= 0.3 is 0 Å². The van der Waals surface area contributed by atoms with Crippen LogP contribution in [0.15, 0.2) is 41.8 Å². The van der Waals surface area contributed by atoms with Crippen molar-refractivity contribution in [3.63, 3.8) is 0 Å². The van der Waals surface area contributed by atoms with E-state index in [1.54, 1.807) is 25.5 Å². The van der Waals surface area contributed by atoms with Crippen molar-refractivity contribution in [2.24, 2.45) is 12.1 Å². The summed E-state index contributed by atoms with van der Waals surface area (Å²) in [6.07, 6.45) is 6.68. The number of hydrazone groups is 1. The van der Waals surface area contributed by atoms with Gasteiger partial charge in [0.15, 0.2) is 5.37 Å². The Morgan fingerprint density at radius 2 is 2.00 bits per heavy atom. The lowest BCUT2D eigenvalue weighted by molar-refractivity contribution is 0.349. The molecule has 0 spiro atoms. The van der Waals surface area contributed by atoms with Crippen LogP contribution in [0.1, 0.15) is 12.0 Å². The normalized spacial score (nSPS) is 18.4. The van der Waals surface area contributed by atoms with Crippen molar-refractivity contribution in [3.8, 4) is 11.1 Å². The van der Waals surface area contributed by atoms with Gasteiger partial charge in [0.25, 0.3) is 10.0 Å². The summed E-state index contributed by atoms with van der Waals surface area (Å²) in [7, 11) is 2.04. The van der Waals surface area contributed by atoms with E-state index >= 15 is 0 Å². The molecule has 30 heavy (non-hydrogen) atoms. The van der Waals surface area contributed by atoms with E-state index in [9.17, 15) is 8.42 Å². The molecule has 0 aliphatic carbocycles. The number of likely N-dealkylation sites (N-methyl/N-ethyl adjacent to an activating group) is 1. The van der Waals surface area contributed by atoms with Crippen molar-refractivity contribution < 1.29 is 8.42 Å². The first-order valence-corrected chi connectivity index (χ1v) is 11.4. The van der Waals surface area contributed by atoms with Crippen LogP contribution in [-0.4, -0.2) is 55.2 Å². The summed E-state index contributed by atoms with van der Waals surface area (Å²) in [5.41, 5.74) is 5.82. The number of sulfonamides is 1. The third kappa shape index (κ3) is 2.92. The van der Waals surface area contributed by atoms with E-state index in [0.29, 0.717) is 12.1 Å². The zero-order valence-corrected chi connectivity index (χ0v) is 18.0. The van der Waals surface area contributed by atoms with Gasteiger partial charge in [0.2, 0.25) is 0 Å². The van der Waals surface area contributed by atoms with E-state index in [4.69, 9.17) is 0 Å². The summed E-state index contributed by atoms with van der Waals surface area (Å²) in [6, 6.07) is 8.17. The van der Waals surface area contributed by atoms with Crippen molar-refractivity contribution in [2.75, 3.05) is 30.3 Å². The van der Waals surface area contributed by atoms with Gasteiger partial charge in [-0.05, 0) is 29.7 Å². The summed E-state index contributed by atoms with van der Waals surface area (Å²) in [6.45, 7) is 1.01. The van der Waals surface area contributed by atoms with Gasteiger partial charge in [-0.1, -0.05) is 12.1 Å². The predicted molar refractivity (Wildman–Crippen MR) is 120 cm³/mol. The number of nitrogens with zero attached hydrogens (tertiary/aromatic N) is 5. The first kappa shape index (κ1) is 18.9. The Morgan fingerprint density at radius 3 is 2.77 bits per heavy atom. The maximum absolute atomic E-state index is 13.0. The molecule has 8 nitrogen and oxygen atoms in total. The monoisotopic (exact) mass is 424 g/mol. The zero-order valence-electron chi connectivity index (χ0n) is 17.2. The summed E-state index contributed by atoms with van der Waals surface area (Å²) in [5.74, 6) is 0. The second-order valence-corrected chi connectivity index (χ2v) is 9.77. The van der Waals surface area contributed by atoms with E-state index in [-0.39, 0.29) is 0 Å². The molecule has 0 saturated carbocycles. The first-order chi connectivity index (χ1) is 14.3. The minimum Gasteiger partial charge on any atom is -0.374 e. The largest absolute Gasteiger partial charge is 0.374 e. The molecule has 2 aliphatic heterocycles. The SMILES string of the molecule is CN1CCc2ccc(-c3cn(C)c4nccc(NS(=O)(=O)C5CC=NN5C)c34)cc21. The molecule has 2 aromatic heterocycles. The summed E-state index contributed by atoms with van der Waals surface area (Å²) in [5, 5.41) is 5.62.